The van der Waals surface area contributed by atoms with Gasteiger partial charge in [0.2, 0.25) is 0 Å². The first-order valence-corrected chi connectivity index (χ1v) is 6.49. The molecule has 1 rings (SSSR count). The summed E-state index contributed by atoms with van der Waals surface area (Å²) in [7, 11) is 0. The number of amides is 1. The number of carbonyl (C=O) groups excluding carboxylic acids is 1. The molecule has 0 bridgehead atoms. The van der Waals surface area contributed by atoms with Crippen molar-refractivity contribution in [2.75, 3.05) is 19.0 Å². The Balaban J connectivity index is 2.85. The summed E-state index contributed by atoms with van der Waals surface area (Å²) < 4.78 is 0.718. The first kappa shape index (κ1) is 13.5. The molecule has 0 saturated carbocycles. The number of hydrogen-bond donors (Lipinski definition) is 0. The van der Waals surface area contributed by atoms with Gasteiger partial charge in [0.25, 0.3) is 5.91 Å². The quantitative estimate of drug-likeness (QED) is 0.784. The third-order valence-corrected chi connectivity index (χ3v) is 2.91. The lowest BCUT2D eigenvalue weighted by atomic mass is 10.3. The van der Waals surface area contributed by atoms with Gasteiger partial charge in [-0.25, -0.2) is 4.98 Å². The normalized spacial score (nSPS) is 10.2. The highest BCUT2D eigenvalue weighted by Gasteiger charge is 2.17. The molecule has 0 unspecified atom stereocenters. The molecule has 0 atom stereocenters. The molecule has 5 heteroatoms. The highest BCUT2D eigenvalue weighted by Crippen LogP contribution is 2.15. The lowest BCUT2D eigenvalue weighted by Gasteiger charge is -2.20. The Morgan fingerprint density at radius 1 is 1.56 bits per heavy atom. The average molecular weight is 306 g/mol. The molecule has 0 N–H and O–H groups in total. The van der Waals surface area contributed by atoms with Crippen molar-refractivity contribution < 1.29 is 4.79 Å². The SMILES string of the molecule is CCCN(CCCl)C(=O)c1ncccc1Br. The van der Waals surface area contributed by atoms with Gasteiger partial charge in [-0.15, -0.1) is 11.6 Å². The Bertz CT molecular complexity index is 354. The number of pyridine rings is 1. The van der Waals surface area contributed by atoms with Crippen LogP contribution < -0.4 is 0 Å². The van der Waals surface area contributed by atoms with Crippen LogP contribution in [-0.2, 0) is 0 Å². The van der Waals surface area contributed by atoms with Gasteiger partial charge in [0.05, 0.1) is 0 Å². The fourth-order valence-corrected chi connectivity index (χ4v) is 2.01. The number of carbonyl (C=O) groups is 1. The fraction of sp³-hybridized carbons (Fsp3) is 0.455. The van der Waals surface area contributed by atoms with E-state index in [2.05, 4.69) is 20.9 Å². The van der Waals surface area contributed by atoms with Crippen LogP contribution in [-0.4, -0.2) is 34.8 Å². The van der Waals surface area contributed by atoms with Gasteiger partial charge >= 0.3 is 0 Å². The van der Waals surface area contributed by atoms with Crippen LogP contribution in [0.4, 0.5) is 0 Å². The molecular weight excluding hydrogens is 291 g/mol. The molecule has 16 heavy (non-hydrogen) atoms. The molecule has 1 aromatic rings. The number of alkyl halides is 1. The van der Waals surface area contributed by atoms with E-state index < -0.39 is 0 Å². The Morgan fingerprint density at radius 2 is 2.31 bits per heavy atom. The van der Waals surface area contributed by atoms with Gasteiger partial charge in [-0.3, -0.25) is 4.79 Å². The Hall–Kier alpha value is -0.610. The minimum atomic E-state index is -0.0741. The van der Waals surface area contributed by atoms with Crippen molar-refractivity contribution in [1.82, 2.24) is 9.88 Å². The number of nitrogens with zero attached hydrogens (tertiary/aromatic N) is 2. The molecule has 0 aromatic carbocycles. The van der Waals surface area contributed by atoms with Crippen molar-refractivity contribution in [2.45, 2.75) is 13.3 Å². The van der Waals surface area contributed by atoms with Crippen molar-refractivity contribution in [3.05, 3.63) is 28.5 Å². The van der Waals surface area contributed by atoms with Gasteiger partial charge in [-0.2, -0.15) is 0 Å². The molecule has 0 spiro atoms. The van der Waals surface area contributed by atoms with Crippen LogP contribution in [0.25, 0.3) is 0 Å². The molecular formula is C11H14BrClN2O. The summed E-state index contributed by atoms with van der Waals surface area (Å²) in [6, 6.07) is 3.59. The molecule has 0 fully saturated rings. The van der Waals surface area contributed by atoms with E-state index in [0.717, 1.165) is 10.9 Å². The third kappa shape index (κ3) is 3.46. The van der Waals surface area contributed by atoms with E-state index in [0.29, 0.717) is 24.7 Å². The van der Waals surface area contributed by atoms with Crippen molar-refractivity contribution >= 4 is 33.4 Å². The molecule has 1 heterocycles. The molecule has 0 aliphatic heterocycles. The largest absolute Gasteiger partial charge is 0.336 e. The van der Waals surface area contributed by atoms with Gasteiger partial charge in [0.15, 0.2) is 0 Å². The zero-order valence-corrected chi connectivity index (χ0v) is 11.5. The van der Waals surface area contributed by atoms with Crippen molar-refractivity contribution in [3.63, 3.8) is 0 Å². The molecule has 3 nitrogen and oxygen atoms in total. The highest BCUT2D eigenvalue weighted by molar-refractivity contribution is 9.10. The zero-order chi connectivity index (χ0) is 12.0. The van der Waals surface area contributed by atoms with Crippen LogP contribution in [0.15, 0.2) is 22.8 Å². The molecule has 0 saturated heterocycles. The van der Waals surface area contributed by atoms with Crippen LogP contribution >= 0.6 is 27.5 Å². The lowest BCUT2D eigenvalue weighted by molar-refractivity contribution is 0.0758. The third-order valence-electron chi connectivity index (χ3n) is 2.10. The first-order valence-electron chi connectivity index (χ1n) is 5.16. The van der Waals surface area contributed by atoms with E-state index in [1.807, 2.05) is 13.0 Å². The second-order valence-electron chi connectivity index (χ2n) is 3.32. The minimum absolute atomic E-state index is 0.0741. The van der Waals surface area contributed by atoms with Crippen LogP contribution in [0.3, 0.4) is 0 Å². The molecule has 88 valence electrons. The van der Waals surface area contributed by atoms with Gasteiger partial charge < -0.3 is 4.90 Å². The summed E-state index contributed by atoms with van der Waals surface area (Å²) in [6.07, 6.45) is 2.52. The van der Waals surface area contributed by atoms with Crippen LogP contribution in [0, 0.1) is 0 Å². The monoisotopic (exact) mass is 304 g/mol. The number of halogens is 2. The van der Waals surface area contributed by atoms with E-state index in [4.69, 9.17) is 11.6 Å². The summed E-state index contributed by atoms with van der Waals surface area (Å²) in [4.78, 5) is 17.9. The van der Waals surface area contributed by atoms with Crippen molar-refractivity contribution in [2.24, 2.45) is 0 Å². The number of aromatic nitrogens is 1. The molecule has 1 aromatic heterocycles. The van der Waals surface area contributed by atoms with E-state index in [-0.39, 0.29) is 5.91 Å². The predicted octanol–water partition coefficient (Wildman–Crippen LogP) is 2.94. The predicted molar refractivity (Wildman–Crippen MR) is 68.9 cm³/mol. The van der Waals surface area contributed by atoms with Crippen LogP contribution in [0.2, 0.25) is 0 Å². The average Bonchev–Trinajstić information content (AvgIpc) is 2.28. The van der Waals surface area contributed by atoms with Crippen molar-refractivity contribution in [1.29, 1.82) is 0 Å². The summed E-state index contributed by atoms with van der Waals surface area (Å²) in [5.41, 5.74) is 0.445. The molecule has 0 radical (unpaired) electrons. The summed E-state index contributed by atoms with van der Waals surface area (Å²) in [6.45, 7) is 3.29. The van der Waals surface area contributed by atoms with E-state index >= 15 is 0 Å². The lowest BCUT2D eigenvalue weighted by Crippen LogP contribution is -2.34. The van der Waals surface area contributed by atoms with E-state index in [9.17, 15) is 4.79 Å². The number of rotatable bonds is 5. The number of hydrogen-bond acceptors (Lipinski definition) is 2. The maximum Gasteiger partial charge on any atom is 0.273 e. The second-order valence-corrected chi connectivity index (χ2v) is 4.55. The van der Waals surface area contributed by atoms with Gasteiger partial charge in [0.1, 0.15) is 5.69 Å². The minimum Gasteiger partial charge on any atom is -0.336 e. The topological polar surface area (TPSA) is 33.2 Å². The highest BCUT2D eigenvalue weighted by atomic mass is 79.9. The summed E-state index contributed by atoms with van der Waals surface area (Å²) in [5, 5.41) is 0. The Labute approximate surface area is 109 Å². The van der Waals surface area contributed by atoms with Gasteiger partial charge in [-0.1, -0.05) is 6.92 Å². The zero-order valence-electron chi connectivity index (χ0n) is 9.12. The summed E-state index contributed by atoms with van der Waals surface area (Å²) in [5.74, 6) is 0.367. The maximum atomic E-state index is 12.1. The standard InChI is InChI=1S/C11H14BrClN2O/c1-2-7-15(8-5-13)11(16)10-9(12)4-3-6-14-10/h3-4,6H,2,5,7-8H2,1H3. The molecule has 0 aliphatic rings. The molecule has 1 amide bonds. The van der Waals surface area contributed by atoms with Crippen LogP contribution in [0.1, 0.15) is 23.8 Å². The van der Waals surface area contributed by atoms with E-state index in [1.165, 1.54) is 0 Å². The molecule has 0 aliphatic carbocycles. The van der Waals surface area contributed by atoms with E-state index in [1.54, 1.807) is 17.2 Å². The van der Waals surface area contributed by atoms with Crippen molar-refractivity contribution in [3.8, 4) is 0 Å². The summed E-state index contributed by atoms with van der Waals surface area (Å²) >= 11 is 9.00. The maximum absolute atomic E-state index is 12.1. The smallest absolute Gasteiger partial charge is 0.273 e. The van der Waals surface area contributed by atoms with Gasteiger partial charge in [0, 0.05) is 29.6 Å². The van der Waals surface area contributed by atoms with Gasteiger partial charge in [-0.05, 0) is 34.5 Å². The first-order chi connectivity index (χ1) is 7.70. The second kappa shape index (κ2) is 6.86. The van der Waals surface area contributed by atoms with Crippen LogP contribution in [0.5, 0.6) is 0 Å². The Kier molecular flexibility index (Phi) is 5.77. The fourth-order valence-electron chi connectivity index (χ4n) is 1.38. The Morgan fingerprint density at radius 3 is 2.88 bits per heavy atom.